The van der Waals surface area contributed by atoms with Crippen molar-refractivity contribution in [1.82, 2.24) is 14.9 Å². The van der Waals surface area contributed by atoms with Gasteiger partial charge in [-0.3, -0.25) is 10.2 Å². The molecule has 2 aliphatic rings. The van der Waals surface area contributed by atoms with Crippen molar-refractivity contribution in [2.45, 2.75) is 48.8 Å². The molecule has 3 aromatic rings. The highest BCUT2D eigenvalue weighted by atomic mass is 32.2. The van der Waals surface area contributed by atoms with Crippen molar-refractivity contribution < 1.29 is 10.1 Å². The number of anilines is 2. The van der Waals surface area contributed by atoms with Crippen LogP contribution in [0.2, 0.25) is 0 Å². The lowest BCUT2D eigenvalue weighted by Crippen LogP contribution is -2.43. The Labute approximate surface area is 187 Å². The zero-order valence-electron chi connectivity index (χ0n) is 17.9. The Balaban J connectivity index is 0.00000112. The van der Waals surface area contributed by atoms with Crippen LogP contribution in [0.15, 0.2) is 70.8 Å². The average Bonchev–Trinajstić information content (AvgIpc) is 2.85. The van der Waals surface area contributed by atoms with E-state index in [1.807, 2.05) is 44.2 Å². The van der Waals surface area contributed by atoms with Crippen molar-refractivity contribution in [1.29, 1.82) is 0 Å². The molecule has 1 fully saturated rings. The number of fused-ring (bicyclic) bond motifs is 2. The van der Waals surface area contributed by atoms with Crippen molar-refractivity contribution in [3.05, 3.63) is 72.1 Å². The summed E-state index contributed by atoms with van der Waals surface area (Å²) in [6.07, 6.45) is 4.94. The number of aromatic nitrogens is 2. The van der Waals surface area contributed by atoms with Crippen molar-refractivity contribution in [2.75, 3.05) is 18.4 Å². The fourth-order valence-electron chi connectivity index (χ4n) is 4.08. The molecule has 31 heavy (non-hydrogen) atoms. The molecule has 0 radical (unpaired) electrons. The molecule has 0 aliphatic carbocycles. The smallest absolute Gasteiger partial charge is 0.163 e. The highest BCUT2D eigenvalue weighted by Gasteiger charge is 2.38. The first-order valence-corrected chi connectivity index (χ1v) is 11.6. The van der Waals surface area contributed by atoms with Gasteiger partial charge in [-0.2, -0.15) is 0 Å². The lowest BCUT2D eigenvalue weighted by Gasteiger charge is -2.39. The van der Waals surface area contributed by atoms with Crippen molar-refractivity contribution in [3.8, 4) is 0 Å². The van der Waals surface area contributed by atoms with E-state index in [2.05, 4.69) is 38.4 Å². The number of piperidine rings is 1. The van der Waals surface area contributed by atoms with Crippen LogP contribution in [-0.2, 0) is 17.0 Å². The van der Waals surface area contributed by atoms with E-state index in [0.29, 0.717) is 0 Å². The van der Waals surface area contributed by atoms with Gasteiger partial charge < -0.3 is 5.32 Å². The first-order valence-electron chi connectivity index (χ1n) is 10.7. The molecule has 5 rings (SSSR count). The fraction of sp³-hybridized carbons (Fsp3) is 0.333. The standard InChI is InChI=1S/C22H22N4O2S.C2H6/c27-28-22(17-4-2-1-3-5-17)8-12-26(13-9-22)15-16-6-7-19-18(14-16)25-20-21(29-19)24-11-10-23-20;1-2/h1-7,10-11,14,27H,8-9,12-13,15H2,(H,23,25);1-2H3. The van der Waals surface area contributed by atoms with Gasteiger partial charge in [0, 0.05) is 36.9 Å². The summed E-state index contributed by atoms with van der Waals surface area (Å²) in [6.45, 7) is 6.59. The molecule has 0 spiro atoms. The maximum absolute atomic E-state index is 9.64. The van der Waals surface area contributed by atoms with E-state index >= 15 is 0 Å². The summed E-state index contributed by atoms with van der Waals surface area (Å²) in [5.41, 5.74) is 2.77. The molecule has 0 atom stereocenters. The van der Waals surface area contributed by atoms with Gasteiger partial charge in [-0.05, 0) is 36.1 Å². The van der Waals surface area contributed by atoms with Crippen LogP contribution in [-0.4, -0.2) is 33.2 Å². The second-order valence-electron chi connectivity index (χ2n) is 7.50. The predicted molar refractivity (Wildman–Crippen MR) is 124 cm³/mol. The molecular formula is C24H28N4O2S. The summed E-state index contributed by atoms with van der Waals surface area (Å²) in [5, 5.41) is 13.9. The fourth-order valence-corrected chi connectivity index (χ4v) is 4.96. The number of likely N-dealkylation sites (tertiary alicyclic amines) is 1. The molecule has 1 aromatic heterocycles. The van der Waals surface area contributed by atoms with Crippen LogP contribution in [0, 0.1) is 0 Å². The Kier molecular flexibility index (Phi) is 6.87. The Morgan fingerprint density at radius 2 is 1.81 bits per heavy atom. The number of hydrogen-bond donors (Lipinski definition) is 2. The Hall–Kier alpha value is -2.45. The zero-order chi connectivity index (χ0) is 21.7. The van der Waals surface area contributed by atoms with Gasteiger partial charge in [0.2, 0.25) is 0 Å². The first kappa shape index (κ1) is 21.8. The van der Waals surface area contributed by atoms with E-state index in [1.54, 1.807) is 24.2 Å². The van der Waals surface area contributed by atoms with E-state index in [1.165, 1.54) is 5.56 Å². The lowest BCUT2D eigenvalue weighted by molar-refractivity contribution is -0.339. The molecule has 2 aliphatic heterocycles. The van der Waals surface area contributed by atoms with Crippen molar-refractivity contribution in [2.24, 2.45) is 0 Å². The quantitative estimate of drug-likeness (QED) is 0.314. The molecule has 6 nitrogen and oxygen atoms in total. The van der Waals surface area contributed by atoms with Gasteiger partial charge in [0.15, 0.2) is 5.82 Å². The molecule has 162 valence electrons. The van der Waals surface area contributed by atoms with E-state index < -0.39 is 5.60 Å². The summed E-state index contributed by atoms with van der Waals surface area (Å²) in [6, 6.07) is 16.5. The number of hydrogen-bond acceptors (Lipinski definition) is 7. The third-order valence-electron chi connectivity index (χ3n) is 5.71. The molecular weight excluding hydrogens is 408 g/mol. The highest BCUT2D eigenvalue weighted by Crippen LogP contribution is 2.42. The van der Waals surface area contributed by atoms with Crippen LogP contribution in [0.5, 0.6) is 0 Å². The van der Waals surface area contributed by atoms with Gasteiger partial charge in [0.1, 0.15) is 10.6 Å². The molecule has 1 saturated heterocycles. The van der Waals surface area contributed by atoms with Gasteiger partial charge in [-0.1, -0.05) is 62.0 Å². The molecule has 3 heterocycles. The van der Waals surface area contributed by atoms with Crippen molar-refractivity contribution >= 4 is 23.3 Å². The van der Waals surface area contributed by atoms with Crippen molar-refractivity contribution in [3.63, 3.8) is 0 Å². The molecule has 7 heteroatoms. The largest absolute Gasteiger partial charge is 0.337 e. The summed E-state index contributed by atoms with van der Waals surface area (Å²) in [5.74, 6) is 0.813. The number of rotatable bonds is 4. The van der Waals surface area contributed by atoms with E-state index in [-0.39, 0.29) is 0 Å². The van der Waals surface area contributed by atoms with Crippen LogP contribution in [0.1, 0.15) is 37.8 Å². The van der Waals surface area contributed by atoms with Gasteiger partial charge in [-0.15, -0.1) is 0 Å². The van der Waals surface area contributed by atoms with Gasteiger partial charge in [-0.25, -0.2) is 14.9 Å². The molecule has 0 amide bonds. The van der Waals surface area contributed by atoms with Crippen LogP contribution in [0.3, 0.4) is 0 Å². The Morgan fingerprint density at radius 3 is 2.55 bits per heavy atom. The minimum atomic E-state index is -0.603. The number of nitrogens with one attached hydrogen (secondary N) is 1. The maximum atomic E-state index is 9.64. The second-order valence-corrected chi connectivity index (χ2v) is 8.53. The minimum absolute atomic E-state index is 0.603. The number of benzene rings is 2. The topological polar surface area (TPSA) is 70.5 Å². The maximum Gasteiger partial charge on any atom is 0.163 e. The van der Waals surface area contributed by atoms with E-state index in [0.717, 1.165) is 59.5 Å². The molecule has 0 bridgehead atoms. The third kappa shape index (κ3) is 4.60. The van der Waals surface area contributed by atoms with Crippen LogP contribution in [0.25, 0.3) is 0 Å². The highest BCUT2D eigenvalue weighted by molar-refractivity contribution is 7.99. The molecule has 0 unspecified atom stereocenters. The first-order chi connectivity index (χ1) is 15.3. The summed E-state index contributed by atoms with van der Waals surface area (Å²) in [4.78, 5) is 17.3. The monoisotopic (exact) mass is 436 g/mol. The third-order valence-corrected chi connectivity index (χ3v) is 6.78. The van der Waals surface area contributed by atoms with Gasteiger partial charge in [0.05, 0.1) is 5.69 Å². The zero-order valence-corrected chi connectivity index (χ0v) is 18.7. The Morgan fingerprint density at radius 1 is 1.06 bits per heavy atom. The van der Waals surface area contributed by atoms with Gasteiger partial charge in [0.25, 0.3) is 0 Å². The number of nitrogens with zero attached hydrogens (tertiary/aromatic N) is 3. The van der Waals surface area contributed by atoms with Crippen LogP contribution < -0.4 is 5.32 Å². The SMILES string of the molecule is CC.OOC1(c2ccccc2)CCN(Cc2ccc3c(c2)Nc2nccnc2S3)CC1. The summed E-state index contributed by atoms with van der Waals surface area (Å²) >= 11 is 1.64. The summed E-state index contributed by atoms with van der Waals surface area (Å²) in [7, 11) is 0. The van der Waals surface area contributed by atoms with E-state index in [4.69, 9.17) is 4.89 Å². The normalized spacial score (nSPS) is 16.9. The van der Waals surface area contributed by atoms with Crippen LogP contribution >= 0.6 is 11.8 Å². The lowest BCUT2D eigenvalue weighted by atomic mass is 9.84. The average molecular weight is 437 g/mol. The van der Waals surface area contributed by atoms with Gasteiger partial charge >= 0.3 is 0 Å². The predicted octanol–water partition coefficient (Wildman–Crippen LogP) is 5.69. The molecule has 0 saturated carbocycles. The Bertz CT molecular complexity index is 1010. The van der Waals surface area contributed by atoms with Crippen LogP contribution in [0.4, 0.5) is 11.5 Å². The second kappa shape index (κ2) is 9.78. The van der Waals surface area contributed by atoms with E-state index in [9.17, 15) is 5.26 Å². The summed E-state index contributed by atoms with van der Waals surface area (Å²) < 4.78 is 0. The minimum Gasteiger partial charge on any atom is -0.337 e. The molecule has 2 N–H and O–H groups in total. The molecule has 2 aromatic carbocycles.